The molecule has 0 spiro atoms. The van der Waals surface area contributed by atoms with Gasteiger partial charge in [0.25, 0.3) is 5.91 Å². The average molecular weight is 377 g/mol. The van der Waals surface area contributed by atoms with Crippen LogP contribution in [0.4, 0.5) is 13.2 Å². The van der Waals surface area contributed by atoms with Crippen molar-refractivity contribution in [3.8, 4) is 5.75 Å². The van der Waals surface area contributed by atoms with Crippen molar-refractivity contribution in [2.45, 2.75) is 6.18 Å². The Labute approximate surface area is 150 Å². The molecule has 0 radical (unpaired) electrons. The molecule has 4 nitrogen and oxygen atoms in total. The lowest BCUT2D eigenvalue weighted by Crippen LogP contribution is -2.32. The smallest absolute Gasteiger partial charge is 0.416 e. The summed E-state index contributed by atoms with van der Waals surface area (Å²) in [6.07, 6.45) is -3.02. The quantitative estimate of drug-likeness (QED) is 0.821. The highest BCUT2D eigenvalue weighted by Crippen LogP contribution is 2.34. The number of likely N-dealkylation sites (tertiary alicyclic amines) is 1. The number of rotatable bonds is 4. The number of nitrogens with one attached hydrogen (secondary N) is 1. The Morgan fingerprint density at radius 2 is 1.96 bits per heavy atom. The van der Waals surface area contributed by atoms with Crippen molar-refractivity contribution in [2.75, 3.05) is 32.8 Å². The van der Waals surface area contributed by atoms with Crippen LogP contribution >= 0.6 is 12.4 Å². The van der Waals surface area contributed by atoms with E-state index in [1.807, 2.05) is 0 Å². The van der Waals surface area contributed by atoms with E-state index in [9.17, 15) is 18.0 Å². The molecule has 8 heteroatoms. The summed E-state index contributed by atoms with van der Waals surface area (Å²) < 4.78 is 44.4. The number of hydrogen-bond donors (Lipinski definition) is 1. The molecule has 2 fully saturated rings. The Morgan fingerprint density at radius 3 is 2.52 bits per heavy atom. The van der Waals surface area contributed by atoms with Gasteiger partial charge < -0.3 is 15.0 Å². The highest BCUT2D eigenvalue weighted by atomic mass is 35.5. The first-order valence-corrected chi connectivity index (χ1v) is 7.85. The SMILES string of the molecule is C=CCOc1ccc(C(F)(F)F)cc1C(=O)N1C[C@H]2CNC[C@H]2C1.Cl. The van der Waals surface area contributed by atoms with Crippen molar-refractivity contribution in [1.82, 2.24) is 10.2 Å². The van der Waals surface area contributed by atoms with Gasteiger partial charge in [-0.2, -0.15) is 13.2 Å². The number of alkyl halides is 3. The van der Waals surface area contributed by atoms with E-state index in [-0.39, 0.29) is 30.3 Å². The van der Waals surface area contributed by atoms with Crippen LogP contribution in [0.5, 0.6) is 5.75 Å². The summed E-state index contributed by atoms with van der Waals surface area (Å²) in [7, 11) is 0. The number of fused-ring (bicyclic) bond motifs is 1. The largest absolute Gasteiger partial charge is 0.489 e. The van der Waals surface area contributed by atoms with Crippen LogP contribution in [-0.4, -0.2) is 43.6 Å². The van der Waals surface area contributed by atoms with E-state index < -0.39 is 17.6 Å². The van der Waals surface area contributed by atoms with Crippen LogP contribution in [0.15, 0.2) is 30.9 Å². The Morgan fingerprint density at radius 1 is 1.32 bits per heavy atom. The molecule has 1 aromatic rings. The molecule has 0 bridgehead atoms. The predicted molar refractivity (Wildman–Crippen MR) is 90.1 cm³/mol. The molecule has 2 saturated heterocycles. The summed E-state index contributed by atoms with van der Waals surface area (Å²) in [5.74, 6) is 0.493. The van der Waals surface area contributed by atoms with E-state index in [4.69, 9.17) is 4.74 Å². The minimum absolute atomic E-state index is 0. The summed E-state index contributed by atoms with van der Waals surface area (Å²) in [4.78, 5) is 14.4. The molecule has 3 rings (SSSR count). The third-order valence-electron chi connectivity index (χ3n) is 4.57. The number of ether oxygens (including phenoxy) is 1. The average Bonchev–Trinajstić information content (AvgIpc) is 3.12. The van der Waals surface area contributed by atoms with Gasteiger partial charge in [0.15, 0.2) is 0 Å². The molecule has 2 heterocycles. The zero-order valence-electron chi connectivity index (χ0n) is 13.5. The lowest BCUT2D eigenvalue weighted by Gasteiger charge is -2.20. The van der Waals surface area contributed by atoms with Gasteiger partial charge in [0, 0.05) is 26.2 Å². The molecule has 1 N–H and O–H groups in total. The molecule has 2 aliphatic heterocycles. The molecule has 2 atom stereocenters. The maximum Gasteiger partial charge on any atom is 0.416 e. The Bertz CT molecular complexity index is 639. The Kier molecular flexibility index (Phi) is 6.00. The fourth-order valence-electron chi connectivity index (χ4n) is 3.34. The molecule has 0 unspecified atom stereocenters. The molecule has 1 aromatic carbocycles. The number of carbonyl (C=O) groups is 1. The highest BCUT2D eigenvalue weighted by Gasteiger charge is 2.39. The second-order valence-corrected chi connectivity index (χ2v) is 6.20. The van der Waals surface area contributed by atoms with Gasteiger partial charge in [-0.3, -0.25) is 4.79 Å². The number of benzene rings is 1. The van der Waals surface area contributed by atoms with Crippen molar-refractivity contribution < 1.29 is 22.7 Å². The molecule has 25 heavy (non-hydrogen) atoms. The summed E-state index contributed by atoms with van der Waals surface area (Å²) in [6, 6.07) is 3.02. The normalized spacial score (nSPS) is 22.3. The van der Waals surface area contributed by atoms with Gasteiger partial charge >= 0.3 is 6.18 Å². The van der Waals surface area contributed by atoms with Gasteiger partial charge in [-0.25, -0.2) is 0 Å². The van der Waals surface area contributed by atoms with Crippen molar-refractivity contribution >= 4 is 18.3 Å². The lowest BCUT2D eigenvalue weighted by atomic mass is 10.0. The fraction of sp³-hybridized carbons (Fsp3) is 0.471. The summed E-state index contributed by atoms with van der Waals surface area (Å²) in [6.45, 7) is 6.46. The van der Waals surface area contributed by atoms with E-state index in [2.05, 4.69) is 11.9 Å². The first-order valence-electron chi connectivity index (χ1n) is 7.85. The van der Waals surface area contributed by atoms with E-state index in [1.165, 1.54) is 12.1 Å². The van der Waals surface area contributed by atoms with Crippen LogP contribution in [0.2, 0.25) is 0 Å². The molecule has 0 aromatic heterocycles. The van der Waals surface area contributed by atoms with Gasteiger partial charge in [-0.15, -0.1) is 12.4 Å². The fourth-order valence-corrected chi connectivity index (χ4v) is 3.34. The molecule has 138 valence electrons. The second kappa shape index (κ2) is 7.66. The topological polar surface area (TPSA) is 41.6 Å². The summed E-state index contributed by atoms with van der Waals surface area (Å²) in [5, 5.41) is 3.27. The third kappa shape index (κ3) is 4.10. The molecule has 0 aliphatic carbocycles. The van der Waals surface area contributed by atoms with Crippen molar-refractivity contribution in [2.24, 2.45) is 11.8 Å². The van der Waals surface area contributed by atoms with Gasteiger partial charge in [0.05, 0.1) is 11.1 Å². The van der Waals surface area contributed by atoms with Crippen LogP contribution < -0.4 is 10.1 Å². The van der Waals surface area contributed by atoms with Crippen LogP contribution in [0, 0.1) is 11.8 Å². The summed E-state index contributed by atoms with van der Waals surface area (Å²) >= 11 is 0. The first-order chi connectivity index (χ1) is 11.4. The molecule has 0 saturated carbocycles. The zero-order valence-corrected chi connectivity index (χ0v) is 14.3. The van der Waals surface area contributed by atoms with Crippen LogP contribution in [0.1, 0.15) is 15.9 Å². The Balaban J connectivity index is 0.00000225. The van der Waals surface area contributed by atoms with Crippen LogP contribution in [0.3, 0.4) is 0 Å². The number of halogens is 4. The lowest BCUT2D eigenvalue weighted by molar-refractivity contribution is -0.137. The summed E-state index contributed by atoms with van der Waals surface area (Å²) in [5.41, 5.74) is -0.891. The molecular formula is C17H20ClF3N2O2. The first kappa shape index (κ1) is 19.6. The van der Waals surface area contributed by atoms with Crippen molar-refractivity contribution in [3.63, 3.8) is 0 Å². The molecular weight excluding hydrogens is 357 g/mol. The van der Waals surface area contributed by atoms with Gasteiger partial charge in [-0.1, -0.05) is 12.7 Å². The monoisotopic (exact) mass is 376 g/mol. The maximum absolute atomic E-state index is 13.0. The Hall–Kier alpha value is -1.73. The van der Waals surface area contributed by atoms with E-state index in [0.29, 0.717) is 24.9 Å². The van der Waals surface area contributed by atoms with Gasteiger partial charge in [-0.05, 0) is 30.0 Å². The minimum Gasteiger partial charge on any atom is -0.489 e. The van der Waals surface area contributed by atoms with Gasteiger partial charge in [0.2, 0.25) is 0 Å². The van der Waals surface area contributed by atoms with Gasteiger partial charge in [0.1, 0.15) is 12.4 Å². The van der Waals surface area contributed by atoms with Crippen LogP contribution in [0.25, 0.3) is 0 Å². The highest BCUT2D eigenvalue weighted by molar-refractivity contribution is 5.97. The van der Waals surface area contributed by atoms with Crippen molar-refractivity contribution in [1.29, 1.82) is 0 Å². The van der Waals surface area contributed by atoms with E-state index >= 15 is 0 Å². The number of carbonyl (C=O) groups excluding carboxylic acids is 1. The predicted octanol–water partition coefficient (Wildman–Crippen LogP) is 2.98. The second-order valence-electron chi connectivity index (χ2n) is 6.20. The zero-order chi connectivity index (χ0) is 17.3. The van der Waals surface area contributed by atoms with Crippen molar-refractivity contribution in [3.05, 3.63) is 42.0 Å². The minimum atomic E-state index is -4.50. The van der Waals surface area contributed by atoms with E-state index in [0.717, 1.165) is 25.2 Å². The van der Waals surface area contributed by atoms with E-state index in [1.54, 1.807) is 4.90 Å². The number of nitrogens with zero attached hydrogens (tertiary/aromatic N) is 1. The van der Waals surface area contributed by atoms with Crippen LogP contribution in [-0.2, 0) is 6.18 Å². The number of amides is 1. The molecule has 2 aliphatic rings. The maximum atomic E-state index is 13.0. The standard InChI is InChI=1S/C17H19F3N2O2.ClH/c1-2-5-24-15-4-3-13(17(18,19)20)6-14(15)16(23)22-9-11-7-21-8-12(11)10-22;/h2-4,6,11-12,21H,1,5,7-10H2;1H/t11-,12+;. The third-order valence-corrected chi connectivity index (χ3v) is 4.57. The molecule has 1 amide bonds. The number of hydrogen-bond acceptors (Lipinski definition) is 3.